The summed E-state index contributed by atoms with van der Waals surface area (Å²) in [6.45, 7) is 10.7. The fraction of sp³-hybridized carbons (Fsp3) is 0.400. The summed E-state index contributed by atoms with van der Waals surface area (Å²) in [4.78, 5) is 0. The SMILES string of the molecule is Cc1cc(B2OC(C)(C)C(C)(C)O2)ccc1OCc1cccc(Cl)c1. The normalized spacial score (nSPS) is 18.4. The van der Waals surface area contributed by atoms with Crippen molar-refractivity contribution in [2.75, 3.05) is 0 Å². The van der Waals surface area contributed by atoms with Gasteiger partial charge in [0.25, 0.3) is 0 Å². The summed E-state index contributed by atoms with van der Waals surface area (Å²) in [5.41, 5.74) is 2.42. The number of aryl methyl sites for hydroxylation is 1. The third-order valence-corrected chi connectivity index (χ3v) is 5.24. The lowest BCUT2D eigenvalue weighted by Gasteiger charge is -2.32. The first-order valence-electron chi connectivity index (χ1n) is 8.51. The van der Waals surface area contributed by atoms with E-state index in [0.717, 1.165) is 22.3 Å². The van der Waals surface area contributed by atoms with Crippen LogP contribution in [0.15, 0.2) is 42.5 Å². The Morgan fingerprint density at radius 2 is 1.68 bits per heavy atom. The molecular weight excluding hydrogens is 334 g/mol. The van der Waals surface area contributed by atoms with Crippen LogP contribution in [-0.4, -0.2) is 18.3 Å². The van der Waals surface area contributed by atoms with Crippen molar-refractivity contribution in [2.24, 2.45) is 0 Å². The number of rotatable bonds is 4. The molecule has 5 heteroatoms. The van der Waals surface area contributed by atoms with Crippen LogP contribution < -0.4 is 10.2 Å². The van der Waals surface area contributed by atoms with Gasteiger partial charge in [0.05, 0.1) is 11.2 Å². The van der Waals surface area contributed by atoms with Crippen molar-refractivity contribution < 1.29 is 14.0 Å². The zero-order valence-corrected chi connectivity index (χ0v) is 16.2. The Balaban J connectivity index is 1.71. The Bertz CT molecular complexity index is 757. The van der Waals surface area contributed by atoms with Crippen molar-refractivity contribution in [3.63, 3.8) is 0 Å². The molecule has 25 heavy (non-hydrogen) atoms. The van der Waals surface area contributed by atoms with Crippen molar-refractivity contribution in [1.29, 1.82) is 0 Å². The maximum absolute atomic E-state index is 6.11. The van der Waals surface area contributed by atoms with Gasteiger partial charge in [-0.15, -0.1) is 0 Å². The predicted molar refractivity (Wildman–Crippen MR) is 103 cm³/mol. The molecule has 0 aromatic heterocycles. The summed E-state index contributed by atoms with van der Waals surface area (Å²) < 4.78 is 18.2. The number of halogens is 1. The van der Waals surface area contributed by atoms with Crippen LogP contribution >= 0.6 is 11.6 Å². The van der Waals surface area contributed by atoms with E-state index in [1.165, 1.54) is 0 Å². The van der Waals surface area contributed by atoms with Gasteiger partial charge in [-0.25, -0.2) is 0 Å². The van der Waals surface area contributed by atoms with E-state index in [0.29, 0.717) is 11.6 Å². The summed E-state index contributed by atoms with van der Waals surface area (Å²) in [5.74, 6) is 0.847. The first kappa shape index (κ1) is 18.3. The van der Waals surface area contributed by atoms with E-state index in [-0.39, 0.29) is 18.3 Å². The van der Waals surface area contributed by atoms with Crippen molar-refractivity contribution in [2.45, 2.75) is 52.4 Å². The predicted octanol–water partition coefficient (Wildman–Crippen LogP) is 4.53. The average Bonchev–Trinajstić information content (AvgIpc) is 2.74. The Kier molecular flexibility index (Phi) is 4.89. The van der Waals surface area contributed by atoms with Crippen LogP contribution in [0.1, 0.15) is 38.8 Å². The van der Waals surface area contributed by atoms with Crippen molar-refractivity contribution in [3.05, 3.63) is 58.6 Å². The third-order valence-electron chi connectivity index (χ3n) is 5.01. The van der Waals surface area contributed by atoms with Crippen LogP contribution in [0.2, 0.25) is 5.02 Å². The lowest BCUT2D eigenvalue weighted by atomic mass is 9.78. The zero-order chi connectivity index (χ0) is 18.2. The molecular formula is C20H24BClO3. The van der Waals surface area contributed by atoms with Gasteiger partial charge in [0, 0.05) is 5.02 Å². The van der Waals surface area contributed by atoms with Crippen LogP contribution in [-0.2, 0) is 15.9 Å². The largest absolute Gasteiger partial charge is 0.494 e. The van der Waals surface area contributed by atoms with Gasteiger partial charge < -0.3 is 14.0 Å². The molecule has 132 valence electrons. The van der Waals surface area contributed by atoms with Gasteiger partial charge in [-0.1, -0.05) is 35.9 Å². The highest BCUT2D eigenvalue weighted by molar-refractivity contribution is 6.62. The minimum absolute atomic E-state index is 0.340. The van der Waals surface area contributed by atoms with Crippen LogP contribution in [0.5, 0.6) is 5.75 Å². The Morgan fingerprint density at radius 3 is 2.28 bits per heavy atom. The number of benzene rings is 2. The molecule has 2 aromatic carbocycles. The van der Waals surface area contributed by atoms with E-state index >= 15 is 0 Å². The maximum atomic E-state index is 6.11. The van der Waals surface area contributed by atoms with E-state index in [4.69, 9.17) is 25.6 Å². The van der Waals surface area contributed by atoms with Gasteiger partial charge in [0.1, 0.15) is 12.4 Å². The van der Waals surface area contributed by atoms with Crippen LogP contribution in [0.25, 0.3) is 0 Å². The summed E-state index contributed by atoms with van der Waals surface area (Å²) >= 11 is 6.01. The molecule has 0 unspecified atom stereocenters. The molecule has 0 N–H and O–H groups in total. The number of ether oxygens (including phenoxy) is 1. The number of hydrogen-bond donors (Lipinski definition) is 0. The summed E-state index contributed by atoms with van der Waals surface area (Å²) in [6.07, 6.45) is 0. The van der Waals surface area contributed by atoms with Gasteiger partial charge in [-0.3, -0.25) is 0 Å². The van der Waals surface area contributed by atoms with Crippen molar-refractivity contribution >= 4 is 24.2 Å². The molecule has 0 amide bonds. The molecule has 1 aliphatic rings. The van der Waals surface area contributed by atoms with E-state index in [9.17, 15) is 0 Å². The first-order valence-corrected chi connectivity index (χ1v) is 8.89. The monoisotopic (exact) mass is 358 g/mol. The molecule has 3 rings (SSSR count). The van der Waals surface area contributed by atoms with Crippen LogP contribution in [0, 0.1) is 6.92 Å². The summed E-state index contributed by atoms with van der Waals surface area (Å²) in [5, 5.41) is 0.717. The molecule has 1 fully saturated rings. The Morgan fingerprint density at radius 1 is 1.00 bits per heavy atom. The third kappa shape index (κ3) is 3.86. The van der Waals surface area contributed by atoms with Gasteiger partial charge in [-0.05, 0) is 69.4 Å². The van der Waals surface area contributed by atoms with E-state index in [1.807, 2.05) is 43.3 Å². The van der Waals surface area contributed by atoms with E-state index in [2.05, 4.69) is 33.8 Å². The lowest BCUT2D eigenvalue weighted by molar-refractivity contribution is 0.00578. The fourth-order valence-corrected chi connectivity index (χ4v) is 2.96. The highest BCUT2D eigenvalue weighted by atomic mass is 35.5. The van der Waals surface area contributed by atoms with Gasteiger partial charge in [0.15, 0.2) is 0 Å². The molecule has 0 aliphatic carbocycles. The number of hydrogen-bond acceptors (Lipinski definition) is 3. The second kappa shape index (κ2) is 6.67. The zero-order valence-electron chi connectivity index (χ0n) is 15.4. The quantitative estimate of drug-likeness (QED) is 0.752. The molecule has 3 nitrogen and oxygen atoms in total. The van der Waals surface area contributed by atoms with Gasteiger partial charge in [-0.2, -0.15) is 0 Å². The van der Waals surface area contributed by atoms with Gasteiger partial charge in [0.2, 0.25) is 0 Å². The van der Waals surface area contributed by atoms with Crippen LogP contribution in [0.4, 0.5) is 0 Å². The topological polar surface area (TPSA) is 27.7 Å². The molecule has 0 spiro atoms. The lowest BCUT2D eigenvalue weighted by Crippen LogP contribution is -2.41. The molecule has 0 radical (unpaired) electrons. The summed E-state index contributed by atoms with van der Waals surface area (Å²) in [6, 6.07) is 13.7. The van der Waals surface area contributed by atoms with E-state index < -0.39 is 0 Å². The fourth-order valence-electron chi connectivity index (χ4n) is 2.75. The maximum Gasteiger partial charge on any atom is 0.494 e. The Labute approximate surface area is 155 Å². The molecule has 1 heterocycles. The second-order valence-corrected chi connectivity index (χ2v) is 7.97. The second-order valence-electron chi connectivity index (χ2n) is 7.53. The van der Waals surface area contributed by atoms with Crippen molar-refractivity contribution in [3.8, 4) is 5.75 Å². The average molecular weight is 359 g/mol. The molecule has 1 saturated heterocycles. The summed E-state index contributed by atoms with van der Waals surface area (Å²) in [7, 11) is -0.356. The van der Waals surface area contributed by atoms with Gasteiger partial charge >= 0.3 is 7.12 Å². The molecule has 0 atom stereocenters. The van der Waals surface area contributed by atoms with E-state index in [1.54, 1.807) is 0 Å². The molecule has 1 aliphatic heterocycles. The molecule has 0 saturated carbocycles. The first-order chi connectivity index (χ1) is 11.7. The highest BCUT2D eigenvalue weighted by Crippen LogP contribution is 2.36. The molecule has 0 bridgehead atoms. The molecule has 2 aromatic rings. The minimum atomic E-state index is -0.356. The Hall–Kier alpha value is -1.49. The standard InChI is InChI=1S/C20H24BClO3/c1-14-11-16(21-24-19(2,3)20(4,5)25-21)9-10-18(14)23-13-15-7-6-8-17(22)12-15/h6-12H,13H2,1-5H3. The van der Waals surface area contributed by atoms with Crippen molar-refractivity contribution in [1.82, 2.24) is 0 Å². The van der Waals surface area contributed by atoms with Crippen LogP contribution in [0.3, 0.4) is 0 Å². The highest BCUT2D eigenvalue weighted by Gasteiger charge is 2.51. The minimum Gasteiger partial charge on any atom is -0.489 e. The smallest absolute Gasteiger partial charge is 0.489 e.